The summed E-state index contributed by atoms with van der Waals surface area (Å²) < 4.78 is 5.60. The monoisotopic (exact) mass is 165 g/mol. The Labute approximate surface area is 73.6 Å². The standard InChI is InChI=1S/C10H15NO/c1-3-10(11-2)12-9-7-5-4-6-8-9/h4-8,10-11H,3H2,1-2H3. The van der Waals surface area contributed by atoms with E-state index in [0.717, 1.165) is 12.2 Å². The molecule has 0 amide bonds. The van der Waals surface area contributed by atoms with Gasteiger partial charge in [-0.2, -0.15) is 0 Å². The molecule has 1 aromatic carbocycles. The van der Waals surface area contributed by atoms with E-state index < -0.39 is 0 Å². The van der Waals surface area contributed by atoms with Gasteiger partial charge in [-0.1, -0.05) is 25.1 Å². The highest BCUT2D eigenvalue weighted by molar-refractivity contribution is 5.21. The fraction of sp³-hybridized carbons (Fsp3) is 0.400. The second kappa shape index (κ2) is 4.78. The molecule has 1 unspecified atom stereocenters. The van der Waals surface area contributed by atoms with Crippen molar-refractivity contribution >= 4 is 0 Å². The number of benzene rings is 1. The highest BCUT2D eigenvalue weighted by atomic mass is 16.5. The lowest BCUT2D eigenvalue weighted by Crippen LogP contribution is -2.30. The minimum absolute atomic E-state index is 0.118. The van der Waals surface area contributed by atoms with Crippen LogP contribution < -0.4 is 10.1 Å². The minimum Gasteiger partial charge on any atom is -0.475 e. The van der Waals surface area contributed by atoms with E-state index in [-0.39, 0.29) is 6.23 Å². The fourth-order valence-corrected chi connectivity index (χ4v) is 1.01. The normalized spacial score (nSPS) is 12.5. The van der Waals surface area contributed by atoms with Gasteiger partial charge >= 0.3 is 0 Å². The van der Waals surface area contributed by atoms with Gasteiger partial charge in [0.1, 0.15) is 12.0 Å². The maximum atomic E-state index is 5.60. The highest BCUT2D eigenvalue weighted by Crippen LogP contribution is 2.10. The average molecular weight is 165 g/mol. The highest BCUT2D eigenvalue weighted by Gasteiger charge is 2.02. The first-order valence-corrected chi connectivity index (χ1v) is 4.25. The first-order chi connectivity index (χ1) is 5.86. The maximum absolute atomic E-state index is 5.60. The molecule has 0 aliphatic rings. The molecule has 2 nitrogen and oxygen atoms in total. The Morgan fingerprint density at radius 1 is 1.33 bits per heavy atom. The van der Waals surface area contributed by atoms with Crippen molar-refractivity contribution in [2.24, 2.45) is 0 Å². The molecular weight excluding hydrogens is 150 g/mol. The van der Waals surface area contributed by atoms with Crippen molar-refractivity contribution < 1.29 is 4.74 Å². The van der Waals surface area contributed by atoms with Gasteiger partial charge in [0.2, 0.25) is 0 Å². The summed E-state index contributed by atoms with van der Waals surface area (Å²) in [5, 5.41) is 3.08. The minimum atomic E-state index is 0.118. The van der Waals surface area contributed by atoms with Crippen LogP contribution in [0.3, 0.4) is 0 Å². The lowest BCUT2D eigenvalue weighted by atomic mass is 10.3. The van der Waals surface area contributed by atoms with E-state index >= 15 is 0 Å². The van der Waals surface area contributed by atoms with Gasteiger partial charge in [0.05, 0.1) is 0 Å². The number of ether oxygens (including phenoxy) is 1. The molecule has 0 saturated carbocycles. The molecule has 0 aliphatic carbocycles. The third kappa shape index (κ3) is 2.55. The predicted octanol–water partition coefficient (Wildman–Crippen LogP) is 2.02. The summed E-state index contributed by atoms with van der Waals surface area (Å²) in [7, 11) is 1.90. The lowest BCUT2D eigenvalue weighted by molar-refractivity contribution is 0.169. The van der Waals surface area contributed by atoms with Crippen molar-refractivity contribution in [3.63, 3.8) is 0 Å². The molecule has 0 heterocycles. The third-order valence-electron chi connectivity index (χ3n) is 1.71. The molecule has 0 radical (unpaired) electrons. The molecule has 0 spiro atoms. The van der Waals surface area contributed by atoms with Crippen LogP contribution in [0.15, 0.2) is 30.3 Å². The first kappa shape index (κ1) is 9.07. The van der Waals surface area contributed by atoms with Crippen molar-refractivity contribution in [2.45, 2.75) is 19.6 Å². The van der Waals surface area contributed by atoms with Gasteiger partial charge in [-0.25, -0.2) is 0 Å². The SMILES string of the molecule is CCC(NC)Oc1ccccc1. The van der Waals surface area contributed by atoms with Crippen LogP contribution in [-0.2, 0) is 0 Å². The molecular formula is C10H15NO. The summed E-state index contributed by atoms with van der Waals surface area (Å²) in [4.78, 5) is 0. The van der Waals surface area contributed by atoms with Gasteiger partial charge in [-0.3, -0.25) is 5.32 Å². The first-order valence-electron chi connectivity index (χ1n) is 4.25. The molecule has 1 atom stereocenters. The Morgan fingerprint density at radius 2 is 2.00 bits per heavy atom. The molecule has 1 aromatic rings. The van der Waals surface area contributed by atoms with Crippen LogP contribution in [0.25, 0.3) is 0 Å². The van der Waals surface area contributed by atoms with E-state index in [9.17, 15) is 0 Å². The Bertz CT molecular complexity index is 206. The Morgan fingerprint density at radius 3 is 2.50 bits per heavy atom. The molecule has 1 N–H and O–H groups in total. The van der Waals surface area contributed by atoms with Gasteiger partial charge < -0.3 is 4.74 Å². The molecule has 0 aromatic heterocycles. The van der Waals surface area contributed by atoms with Crippen molar-refractivity contribution in [1.29, 1.82) is 0 Å². The van der Waals surface area contributed by atoms with Gasteiger partial charge in [0, 0.05) is 0 Å². The summed E-state index contributed by atoms with van der Waals surface area (Å²) in [5.74, 6) is 0.915. The van der Waals surface area contributed by atoms with Gasteiger partial charge in [0.25, 0.3) is 0 Å². The molecule has 66 valence electrons. The van der Waals surface area contributed by atoms with Gasteiger partial charge in [-0.15, -0.1) is 0 Å². The number of hydrogen-bond acceptors (Lipinski definition) is 2. The van der Waals surface area contributed by atoms with Crippen LogP contribution >= 0.6 is 0 Å². The average Bonchev–Trinajstić information content (AvgIpc) is 2.16. The van der Waals surface area contributed by atoms with Crippen LogP contribution in [0.1, 0.15) is 13.3 Å². The molecule has 0 fully saturated rings. The molecule has 12 heavy (non-hydrogen) atoms. The number of hydrogen-bond donors (Lipinski definition) is 1. The summed E-state index contributed by atoms with van der Waals surface area (Å²) in [6.07, 6.45) is 1.08. The molecule has 0 saturated heterocycles. The quantitative estimate of drug-likeness (QED) is 0.689. The van der Waals surface area contributed by atoms with Gasteiger partial charge in [-0.05, 0) is 25.6 Å². The second-order valence-electron chi connectivity index (χ2n) is 2.62. The Balaban J connectivity index is 2.51. The molecule has 0 aliphatic heterocycles. The largest absolute Gasteiger partial charge is 0.475 e. The van der Waals surface area contributed by atoms with Crippen LogP contribution in [0.5, 0.6) is 5.75 Å². The van der Waals surface area contributed by atoms with E-state index in [1.54, 1.807) is 0 Å². The van der Waals surface area contributed by atoms with Gasteiger partial charge in [0.15, 0.2) is 0 Å². The zero-order valence-corrected chi connectivity index (χ0v) is 7.58. The van der Waals surface area contributed by atoms with E-state index in [4.69, 9.17) is 4.74 Å². The van der Waals surface area contributed by atoms with Crippen molar-refractivity contribution in [3.8, 4) is 5.75 Å². The molecule has 0 bridgehead atoms. The lowest BCUT2D eigenvalue weighted by Gasteiger charge is -2.15. The Hall–Kier alpha value is -1.02. The van der Waals surface area contributed by atoms with Crippen LogP contribution in [0.4, 0.5) is 0 Å². The van der Waals surface area contributed by atoms with E-state index in [1.807, 2.05) is 37.4 Å². The fourth-order valence-electron chi connectivity index (χ4n) is 1.01. The second-order valence-corrected chi connectivity index (χ2v) is 2.62. The maximum Gasteiger partial charge on any atom is 0.149 e. The summed E-state index contributed by atoms with van der Waals surface area (Å²) in [5.41, 5.74) is 0. The summed E-state index contributed by atoms with van der Waals surface area (Å²) in [6.45, 7) is 2.09. The smallest absolute Gasteiger partial charge is 0.149 e. The Kier molecular flexibility index (Phi) is 3.61. The third-order valence-corrected chi connectivity index (χ3v) is 1.71. The predicted molar refractivity (Wildman–Crippen MR) is 50.2 cm³/mol. The topological polar surface area (TPSA) is 21.3 Å². The molecule has 1 rings (SSSR count). The van der Waals surface area contributed by atoms with Crippen molar-refractivity contribution in [3.05, 3.63) is 30.3 Å². The zero-order chi connectivity index (χ0) is 8.81. The van der Waals surface area contributed by atoms with E-state index in [2.05, 4.69) is 12.2 Å². The van der Waals surface area contributed by atoms with Crippen LogP contribution in [0, 0.1) is 0 Å². The van der Waals surface area contributed by atoms with Crippen LogP contribution in [0.2, 0.25) is 0 Å². The number of nitrogens with one attached hydrogen (secondary N) is 1. The molecule has 2 heteroatoms. The van der Waals surface area contributed by atoms with Crippen molar-refractivity contribution in [2.75, 3.05) is 7.05 Å². The van der Waals surface area contributed by atoms with Crippen molar-refractivity contribution in [1.82, 2.24) is 5.32 Å². The zero-order valence-electron chi connectivity index (χ0n) is 7.58. The summed E-state index contributed by atoms with van der Waals surface area (Å²) >= 11 is 0. The van der Waals surface area contributed by atoms with E-state index in [0.29, 0.717) is 0 Å². The summed E-state index contributed by atoms with van der Waals surface area (Å²) in [6, 6.07) is 9.84. The number of rotatable bonds is 4. The van der Waals surface area contributed by atoms with Crippen LogP contribution in [-0.4, -0.2) is 13.3 Å². The number of para-hydroxylation sites is 1. The van der Waals surface area contributed by atoms with E-state index in [1.165, 1.54) is 0 Å².